The first-order valence-corrected chi connectivity index (χ1v) is 5.30. The summed E-state index contributed by atoms with van der Waals surface area (Å²) in [6.45, 7) is 6.76. The summed E-state index contributed by atoms with van der Waals surface area (Å²) < 4.78 is 0. The van der Waals surface area contributed by atoms with Gasteiger partial charge in [-0.1, -0.05) is 20.8 Å². The molecule has 0 aromatic carbocycles. The molecular formula is C11H16N2O4. The van der Waals surface area contributed by atoms with E-state index in [1.54, 1.807) is 27.7 Å². The van der Waals surface area contributed by atoms with Gasteiger partial charge in [-0.15, -0.1) is 0 Å². The minimum absolute atomic E-state index is 0.0703. The van der Waals surface area contributed by atoms with E-state index in [4.69, 9.17) is 0 Å². The topological polar surface area (TPSA) is 86.3 Å². The van der Waals surface area contributed by atoms with Crippen molar-refractivity contribution < 1.29 is 9.85 Å². The Hall–Kier alpha value is -1.72. The zero-order valence-electron chi connectivity index (χ0n) is 10.4. The van der Waals surface area contributed by atoms with Crippen LogP contribution in [0, 0.1) is 25.6 Å². The van der Waals surface area contributed by atoms with Crippen LogP contribution in [0.5, 0.6) is 0 Å². The Morgan fingerprint density at radius 3 is 2.18 bits per heavy atom. The molecule has 1 atom stereocenters. The molecular weight excluding hydrogens is 224 g/mol. The van der Waals surface area contributed by atoms with Gasteiger partial charge in [0.05, 0.1) is 4.92 Å². The van der Waals surface area contributed by atoms with Crippen molar-refractivity contribution in [3.05, 3.63) is 43.7 Å². The Morgan fingerprint density at radius 2 is 1.82 bits per heavy atom. The molecule has 94 valence electrons. The molecule has 0 aromatic heterocycles. The van der Waals surface area contributed by atoms with Gasteiger partial charge in [-0.3, -0.25) is 20.2 Å². The van der Waals surface area contributed by atoms with Gasteiger partial charge in [0, 0.05) is 15.9 Å². The first kappa shape index (κ1) is 13.3. The molecule has 0 aliphatic heterocycles. The maximum atomic E-state index is 11.3. The summed E-state index contributed by atoms with van der Waals surface area (Å²) in [6.07, 6.45) is 2.80. The summed E-state index contributed by atoms with van der Waals surface area (Å²) in [4.78, 5) is 21.3. The SMILES string of the molecule is CC1=C([N+](=O)[O-])CC([N+](=O)[O-])(C(C)(C)C)C=C1. The van der Waals surface area contributed by atoms with Crippen LogP contribution < -0.4 is 0 Å². The molecule has 0 heterocycles. The average molecular weight is 240 g/mol. The van der Waals surface area contributed by atoms with Crippen LogP contribution in [-0.4, -0.2) is 15.4 Å². The molecule has 0 radical (unpaired) electrons. The third-order valence-corrected chi connectivity index (χ3v) is 3.35. The third kappa shape index (κ3) is 2.07. The zero-order valence-corrected chi connectivity index (χ0v) is 10.4. The van der Waals surface area contributed by atoms with Crippen LogP contribution >= 0.6 is 0 Å². The normalized spacial score (nSPS) is 24.9. The summed E-state index contributed by atoms with van der Waals surface area (Å²) in [5.41, 5.74) is -1.68. The van der Waals surface area contributed by atoms with Crippen molar-refractivity contribution in [1.82, 2.24) is 0 Å². The fraction of sp³-hybridized carbons (Fsp3) is 0.636. The van der Waals surface area contributed by atoms with E-state index in [9.17, 15) is 20.2 Å². The maximum Gasteiger partial charge on any atom is 0.256 e. The highest BCUT2D eigenvalue weighted by molar-refractivity contribution is 5.31. The Bertz CT molecular complexity index is 431. The molecule has 0 amide bonds. The number of allylic oxidation sites excluding steroid dienone is 2. The molecule has 1 unspecified atom stereocenters. The zero-order chi connectivity index (χ0) is 13.4. The van der Waals surface area contributed by atoms with Crippen LogP contribution in [0.25, 0.3) is 0 Å². The molecule has 0 saturated carbocycles. The van der Waals surface area contributed by atoms with Crippen molar-refractivity contribution in [3.8, 4) is 0 Å². The van der Waals surface area contributed by atoms with Gasteiger partial charge in [0.1, 0.15) is 6.42 Å². The predicted octanol–water partition coefficient (Wildman–Crippen LogP) is 2.56. The number of hydrogen-bond donors (Lipinski definition) is 0. The van der Waals surface area contributed by atoms with Crippen molar-refractivity contribution in [2.45, 2.75) is 39.7 Å². The van der Waals surface area contributed by atoms with Gasteiger partial charge in [-0.05, 0) is 19.1 Å². The summed E-state index contributed by atoms with van der Waals surface area (Å²) in [5, 5.41) is 22.2. The van der Waals surface area contributed by atoms with Gasteiger partial charge in [-0.25, -0.2) is 0 Å². The summed E-state index contributed by atoms with van der Waals surface area (Å²) in [5.74, 6) is 0. The Labute approximate surface area is 99.3 Å². The predicted molar refractivity (Wildman–Crippen MR) is 62.6 cm³/mol. The van der Waals surface area contributed by atoms with Crippen LogP contribution in [0.4, 0.5) is 0 Å². The molecule has 0 fully saturated rings. The maximum absolute atomic E-state index is 11.3. The largest absolute Gasteiger partial charge is 0.264 e. The second-order valence-electron chi connectivity index (χ2n) is 5.33. The number of hydrogen-bond acceptors (Lipinski definition) is 4. The molecule has 17 heavy (non-hydrogen) atoms. The second-order valence-corrected chi connectivity index (χ2v) is 5.33. The molecule has 1 rings (SSSR count). The fourth-order valence-corrected chi connectivity index (χ4v) is 1.94. The Morgan fingerprint density at radius 1 is 1.29 bits per heavy atom. The molecule has 6 heteroatoms. The molecule has 0 saturated heterocycles. The minimum atomic E-state index is -1.41. The quantitative estimate of drug-likeness (QED) is 0.548. The van der Waals surface area contributed by atoms with Crippen LogP contribution in [0.15, 0.2) is 23.4 Å². The van der Waals surface area contributed by atoms with Crippen LogP contribution in [0.1, 0.15) is 34.1 Å². The van der Waals surface area contributed by atoms with Crippen LogP contribution in [-0.2, 0) is 0 Å². The lowest BCUT2D eigenvalue weighted by molar-refractivity contribution is -0.580. The van der Waals surface area contributed by atoms with E-state index in [0.717, 1.165) is 0 Å². The lowest BCUT2D eigenvalue weighted by Crippen LogP contribution is -2.50. The summed E-state index contributed by atoms with van der Waals surface area (Å²) >= 11 is 0. The van der Waals surface area contributed by atoms with Gasteiger partial charge in [-0.2, -0.15) is 0 Å². The number of rotatable bonds is 2. The standard InChI is InChI=1S/C11H16N2O4/c1-8-5-6-11(13(16)17,10(2,3)4)7-9(8)12(14)15/h5-6H,7H2,1-4H3. The average Bonchev–Trinajstić information content (AvgIpc) is 2.15. The second kappa shape index (κ2) is 3.94. The smallest absolute Gasteiger partial charge is 0.256 e. The third-order valence-electron chi connectivity index (χ3n) is 3.35. The molecule has 0 N–H and O–H groups in total. The Kier molecular flexibility index (Phi) is 3.09. The monoisotopic (exact) mass is 240 g/mol. The molecule has 0 spiro atoms. The van der Waals surface area contributed by atoms with E-state index in [-0.39, 0.29) is 12.1 Å². The van der Waals surface area contributed by atoms with Crippen LogP contribution in [0.2, 0.25) is 0 Å². The van der Waals surface area contributed by atoms with Crippen LogP contribution in [0.3, 0.4) is 0 Å². The van der Waals surface area contributed by atoms with Gasteiger partial charge < -0.3 is 0 Å². The Balaban J connectivity index is 3.32. The molecule has 0 aromatic rings. The molecule has 6 nitrogen and oxygen atoms in total. The first-order valence-electron chi connectivity index (χ1n) is 5.30. The number of nitrogens with zero attached hydrogens (tertiary/aromatic N) is 2. The molecule has 1 aliphatic carbocycles. The van der Waals surface area contributed by atoms with Crippen molar-refractivity contribution in [3.63, 3.8) is 0 Å². The lowest BCUT2D eigenvalue weighted by Gasteiger charge is -2.35. The van der Waals surface area contributed by atoms with E-state index in [0.29, 0.717) is 5.57 Å². The van der Waals surface area contributed by atoms with Crippen molar-refractivity contribution >= 4 is 0 Å². The first-order chi connectivity index (χ1) is 7.62. The highest BCUT2D eigenvalue weighted by Gasteiger charge is 2.55. The van der Waals surface area contributed by atoms with Gasteiger partial charge in [0.2, 0.25) is 0 Å². The van der Waals surface area contributed by atoms with Crippen molar-refractivity contribution in [1.29, 1.82) is 0 Å². The fourth-order valence-electron chi connectivity index (χ4n) is 1.94. The highest BCUT2D eigenvalue weighted by atomic mass is 16.6. The van der Waals surface area contributed by atoms with E-state index < -0.39 is 20.8 Å². The van der Waals surface area contributed by atoms with Crippen molar-refractivity contribution in [2.24, 2.45) is 5.41 Å². The highest BCUT2D eigenvalue weighted by Crippen LogP contribution is 2.42. The van der Waals surface area contributed by atoms with E-state index in [1.165, 1.54) is 12.2 Å². The number of nitro groups is 2. The molecule has 1 aliphatic rings. The minimum Gasteiger partial charge on any atom is -0.264 e. The molecule has 0 bridgehead atoms. The van der Waals surface area contributed by atoms with Gasteiger partial charge in [0.25, 0.3) is 11.2 Å². The van der Waals surface area contributed by atoms with Gasteiger partial charge in [0.15, 0.2) is 0 Å². The van der Waals surface area contributed by atoms with E-state index in [2.05, 4.69) is 0 Å². The summed E-state index contributed by atoms with van der Waals surface area (Å²) in [6, 6.07) is 0. The van der Waals surface area contributed by atoms with Gasteiger partial charge >= 0.3 is 0 Å². The summed E-state index contributed by atoms with van der Waals surface area (Å²) in [7, 11) is 0. The lowest BCUT2D eigenvalue weighted by atomic mass is 9.69. The van der Waals surface area contributed by atoms with Crippen molar-refractivity contribution in [2.75, 3.05) is 0 Å². The van der Waals surface area contributed by atoms with E-state index >= 15 is 0 Å². The van der Waals surface area contributed by atoms with E-state index in [1.807, 2.05) is 0 Å².